The van der Waals surface area contributed by atoms with Crippen molar-refractivity contribution in [1.29, 1.82) is 0 Å². The summed E-state index contributed by atoms with van der Waals surface area (Å²) in [5, 5.41) is 8.86. The summed E-state index contributed by atoms with van der Waals surface area (Å²) in [6.07, 6.45) is 3.46. The molecule has 0 bridgehead atoms. The molecule has 0 aliphatic carbocycles. The van der Waals surface area contributed by atoms with Crippen LogP contribution in [0, 0.1) is 0 Å². The van der Waals surface area contributed by atoms with Crippen molar-refractivity contribution in [2.75, 3.05) is 13.3 Å². The minimum Gasteiger partial charge on any atom is -0.481 e. The molecule has 1 amide bonds. The van der Waals surface area contributed by atoms with Gasteiger partial charge in [-0.25, -0.2) is 0 Å². The number of piperidine rings is 1. The number of likely N-dealkylation sites (tertiary alicyclic amines) is 1. The van der Waals surface area contributed by atoms with Crippen molar-refractivity contribution in [2.24, 2.45) is 0 Å². The molecule has 118 valence electrons. The number of carboxylic acid groups (broad SMARTS) is 1. The quantitative estimate of drug-likeness (QED) is 0.923. The molecule has 6 heteroatoms. The van der Waals surface area contributed by atoms with Crippen LogP contribution in [-0.4, -0.2) is 41.3 Å². The summed E-state index contributed by atoms with van der Waals surface area (Å²) in [5.74, 6) is 0.358. The van der Waals surface area contributed by atoms with E-state index in [0.29, 0.717) is 30.0 Å². The van der Waals surface area contributed by atoms with Crippen molar-refractivity contribution in [3.05, 3.63) is 23.8 Å². The van der Waals surface area contributed by atoms with Crippen molar-refractivity contribution in [3.63, 3.8) is 0 Å². The molecule has 2 heterocycles. The minimum absolute atomic E-state index is 0.00257. The number of ether oxygens (including phenoxy) is 2. The number of aliphatic carboxylic acids is 1. The number of fused-ring (bicyclic) bond motifs is 1. The summed E-state index contributed by atoms with van der Waals surface area (Å²) < 4.78 is 10.6. The fourth-order valence-electron chi connectivity index (χ4n) is 3.05. The van der Waals surface area contributed by atoms with Gasteiger partial charge in [0.15, 0.2) is 11.5 Å². The third-order valence-electron chi connectivity index (χ3n) is 4.20. The molecule has 1 fully saturated rings. The van der Waals surface area contributed by atoms with E-state index in [2.05, 4.69) is 0 Å². The first-order valence-electron chi connectivity index (χ1n) is 7.57. The largest absolute Gasteiger partial charge is 0.481 e. The van der Waals surface area contributed by atoms with Crippen LogP contribution in [0.25, 0.3) is 0 Å². The predicted octanol–water partition coefficient (Wildman–Crippen LogP) is 2.27. The smallest absolute Gasteiger partial charge is 0.303 e. The van der Waals surface area contributed by atoms with Gasteiger partial charge in [0.05, 0.1) is 0 Å². The Kier molecular flexibility index (Phi) is 4.18. The highest BCUT2D eigenvalue weighted by atomic mass is 16.7. The van der Waals surface area contributed by atoms with E-state index in [1.165, 1.54) is 0 Å². The molecule has 0 saturated carbocycles. The minimum atomic E-state index is -0.818. The number of hydrogen-bond acceptors (Lipinski definition) is 4. The predicted molar refractivity (Wildman–Crippen MR) is 78.1 cm³/mol. The molecule has 1 unspecified atom stereocenters. The highest BCUT2D eigenvalue weighted by molar-refractivity contribution is 5.95. The summed E-state index contributed by atoms with van der Waals surface area (Å²) in [4.78, 5) is 25.3. The standard InChI is InChI=1S/C16H19NO5/c18-15(19)7-5-12-3-1-2-8-17(12)16(20)11-4-6-13-14(9-11)22-10-21-13/h4,6,9,12H,1-3,5,7-8,10H2,(H,18,19). The van der Waals surface area contributed by atoms with E-state index >= 15 is 0 Å². The van der Waals surface area contributed by atoms with Crippen LogP contribution in [0.3, 0.4) is 0 Å². The fraction of sp³-hybridized carbons (Fsp3) is 0.500. The van der Waals surface area contributed by atoms with E-state index < -0.39 is 5.97 Å². The van der Waals surface area contributed by atoms with Crippen LogP contribution in [0.5, 0.6) is 11.5 Å². The number of rotatable bonds is 4. The molecule has 2 aliphatic rings. The van der Waals surface area contributed by atoms with E-state index in [1.54, 1.807) is 18.2 Å². The molecule has 2 aliphatic heterocycles. The second-order valence-corrected chi connectivity index (χ2v) is 5.65. The van der Waals surface area contributed by atoms with E-state index in [4.69, 9.17) is 14.6 Å². The molecule has 1 N–H and O–H groups in total. The average Bonchev–Trinajstić information content (AvgIpc) is 3.00. The maximum absolute atomic E-state index is 12.7. The zero-order valence-electron chi connectivity index (χ0n) is 12.3. The van der Waals surface area contributed by atoms with Gasteiger partial charge >= 0.3 is 5.97 Å². The van der Waals surface area contributed by atoms with Gasteiger partial charge in [0.2, 0.25) is 6.79 Å². The molecule has 1 saturated heterocycles. The number of amides is 1. The van der Waals surface area contributed by atoms with E-state index in [-0.39, 0.29) is 25.2 Å². The Bertz CT molecular complexity index is 586. The topological polar surface area (TPSA) is 76.1 Å². The van der Waals surface area contributed by atoms with Crippen LogP contribution in [0.15, 0.2) is 18.2 Å². The van der Waals surface area contributed by atoms with Gasteiger partial charge in [-0.05, 0) is 43.9 Å². The monoisotopic (exact) mass is 305 g/mol. The number of hydrogen-bond donors (Lipinski definition) is 1. The van der Waals surface area contributed by atoms with E-state index in [1.807, 2.05) is 4.90 Å². The van der Waals surface area contributed by atoms with Gasteiger partial charge < -0.3 is 19.5 Å². The molecule has 1 atom stereocenters. The molecular formula is C16H19NO5. The Hall–Kier alpha value is -2.24. The Morgan fingerprint density at radius 3 is 2.86 bits per heavy atom. The maximum Gasteiger partial charge on any atom is 0.303 e. The highest BCUT2D eigenvalue weighted by Gasteiger charge is 2.28. The molecule has 0 aromatic heterocycles. The van der Waals surface area contributed by atoms with Crippen LogP contribution in [0.4, 0.5) is 0 Å². The zero-order valence-corrected chi connectivity index (χ0v) is 12.3. The lowest BCUT2D eigenvalue weighted by Crippen LogP contribution is -2.43. The lowest BCUT2D eigenvalue weighted by Gasteiger charge is -2.35. The molecule has 3 rings (SSSR count). The molecular weight excluding hydrogens is 286 g/mol. The first kappa shape index (κ1) is 14.7. The first-order chi connectivity index (χ1) is 10.6. The number of carboxylic acids is 1. The summed E-state index contributed by atoms with van der Waals surface area (Å²) in [6.45, 7) is 0.857. The van der Waals surface area contributed by atoms with E-state index in [0.717, 1.165) is 19.3 Å². The Balaban J connectivity index is 1.75. The molecule has 1 aromatic carbocycles. The molecule has 6 nitrogen and oxygen atoms in total. The van der Waals surface area contributed by atoms with Crippen LogP contribution in [0.2, 0.25) is 0 Å². The number of carbonyl (C=O) groups is 2. The van der Waals surface area contributed by atoms with Gasteiger partial charge in [0.25, 0.3) is 5.91 Å². The molecule has 1 aromatic rings. The number of nitrogens with zero attached hydrogens (tertiary/aromatic N) is 1. The van der Waals surface area contributed by atoms with Crippen LogP contribution < -0.4 is 9.47 Å². The SMILES string of the molecule is O=C(O)CCC1CCCCN1C(=O)c1ccc2c(c1)OCO2. The average molecular weight is 305 g/mol. The van der Waals surface area contributed by atoms with Crippen molar-refractivity contribution >= 4 is 11.9 Å². The third-order valence-corrected chi connectivity index (χ3v) is 4.20. The fourth-order valence-corrected chi connectivity index (χ4v) is 3.05. The van der Waals surface area contributed by atoms with Crippen LogP contribution >= 0.6 is 0 Å². The van der Waals surface area contributed by atoms with Crippen molar-refractivity contribution in [3.8, 4) is 11.5 Å². The lowest BCUT2D eigenvalue weighted by molar-refractivity contribution is -0.137. The van der Waals surface area contributed by atoms with Gasteiger partial charge in [-0.2, -0.15) is 0 Å². The molecule has 0 spiro atoms. The maximum atomic E-state index is 12.7. The normalized spacial score (nSPS) is 20.0. The van der Waals surface area contributed by atoms with Gasteiger partial charge in [-0.1, -0.05) is 0 Å². The van der Waals surface area contributed by atoms with E-state index in [9.17, 15) is 9.59 Å². The third kappa shape index (κ3) is 3.00. The van der Waals surface area contributed by atoms with Crippen LogP contribution in [-0.2, 0) is 4.79 Å². The van der Waals surface area contributed by atoms with Gasteiger partial charge in [-0.15, -0.1) is 0 Å². The zero-order chi connectivity index (χ0) is 15.5. The summed E-state index contributed by atoms with van der Waals surface area (Å²) in [7, 11) is 0. The van der Waals surface area contributed by atoms with Crippen LogP contribution in [0.1, 0.15) is 42.5 Å². The first-order valence-corrected chi connectivity index (χ1v) is 7.57. The lowest BCUT2D eigenvalue weighted by atomic mass is 9.97. The number of carbonyl (C=O) groups excluding carboxylic acids is 1. The summed E-state index contributed by atoms with van der Waals surface area (Å²) in [6, 6.07) is 5.18. The van der Waals surface area contributed by atoms with Gasteiger partial charge in [0, 0.05) is 24.6 Å². The Morgan fingerprint density at radius 1 is 1.23 bits per heavy atom. The summed E-state index contributed by atoms with van der Waals surface area (Å²) in [5.41, 5.74) is 0.562. The Labute approximate surface area is 128 Å². The van der Waals surface area contributed by atoms with Gasteiger partial charge in [0.1, 0.15) is 0 Å². The molecule has 0 radical (unpaired) electrons. The van der Waals surface area contributed by atoms with Crippen molar-refractivity contribution < 1.29 is 24.2 Å². The van der Waals surface area contributed by atoms with Gasteiger partial charge in [-0.3, -0.25) is 9.59 Å². The summed E-state index contributed by atoms with van der Waals surface area (Å²) >= 11 is 0. The number of benzene rings is 1. The Morgan fingerprint density at radius 2 is 2.05 bits per heavy atom. The van der Waals surface area contributed by atoms with Crippen molar-refractivity contribution in [2.45, 2.75) is 38.1 Å². The van der Waals surface area contributed by atoms with Crippen molar-refractivity contribution in [1.82, 2.24) is 4.90 Å². The second kappa shape index (κ2) is 6.25. The second-order valence-electron chi connectivity index (χ2n) is 5.65. The highest BCUT2D eigenvalue weighted by Crippen LogP contribution is 2.33. The molecule has 22 heavy (non-hydrogen) atoms.